The molecule has 3 rings (SSSR count). The van der Waals surface area contributed by atoms with E-state index in [0.717, 1.165) is 11.1 Å². The summed E-state index contributed by atoms with van der Waals surface area (Å²) in [4.78, 5) is 14.8. The number of hydrogen-bond donors (Lipinski definition) is 0. The van der Waals surface area contributed by atoms with Crippen LogP contribution in [0.5, 0.6) is 0 Å². The summed E-state index contributed by atoms with van der Waals surface area (Å²) in [6.07, 6.45) is -2.50. The minimum atomic E-state index is -2.58. The minimum absolute atomic E-state index is 0.0524. The highest BCUT2D eigenvalue weighted by Gasteiger charge is 2.29. The highest BCUT2D eigenvalue weighted by atomic mass is 19.3. The number of nitrogens with zero attached hydrogens (tertiary/aromatic N) is 1. The average molecular weight is 438 g/mol. The van der Waals surface area contributed by atoms with Crippen LogP contribution in [0.3, 0.4) is 0 Å². The van der Waals surface area contributed by atoms with E-state index in [9.17, 15) is 13.6 Å². The molecular weight excluding hydrogens is 408 g/mol. The molecule has 3 nitrogen and oxygen atoms in total. The molecule has 32 heavy (non-hydrogen) atoms. The topological polar surface area (TPSA) is 29.5 Å². The van der Waals surface area contributed by atoms with Gasteiger partial charge in [-0.15, -0.1) is 0 Å². The number of halogens is 2. The lowest BCUT2D eigenvalue weighted by molar-refractivity contribution is -0.145. The number of ether oxygens (including phenoxy) is 1. The summed E-state index contributed by atoms with van der Waals surface area (Å²) in [5.74, 6) is -0.349. The monoisotopic (exact) mass is 437 g/mol. The summed E-state index contributed by atoms with van der Waals surface area (Å²) >= 11 is 0. The van der Waals surface area contributed by atoms with Gasteiger partial charge in [-0.25, -0.2) is 8.78 Å². The van der Waals surface area contributed by atoms with Crippen LogP contribution in [0.4, 0.5) is 8.78 Å². The molecule has 0 aliphatic heterocycles. The fourth-order valence-electron chi connectivity index (χ4n) is 3.94. The van der Waals surface area contributed by atoms with E-state index in [1.54, 1.807) is 13.0 Å². The summed E-state index contributed by atoms with van der Waals surface area (Å²) < 4.78 is 32.2. The Morgan fingerprint density at radius 3 is 2.09 bits per heavy atom. The molecule has 3 aromatic carbocycles. The van der Waals surface area contributed by atoms with E-state index >= 15 is 0 Å². The first-order valence-corrected chi connectivity index (χ1v) is 10.9. The van der Waals surface area contributed by atoms with Crippen LogP contribution in [0.15, 0.2) is 84.9 Å². The van der Waals surface area contributed by atoms with E-state index in [1.807, 2.05) is 66.7 Å². The van der Waals surface area contributed by atoms with Crippen molar-refractivity contribution in [3.8, 4) is 0 Å². The van der Waals surface area contributed by atoms with Crippen molar-refractivity contribution in [2.75, 3.05) is 6.61 Å². The summed E-state index contributed by atoms with van der Waals surface area (Å²) in [5.41, 5.74) is 2.79. The summed E-state index contributed by atoms with van der Waals surface area (Å²) in [5, 5.41) is 0. The van der Waals surface area contributed by atoms with Gasteiger partial charge in [0.25, 0.3) is 6.43 Å². The molecule has 0 saturated heterocycles. The van der Waals surface area contributed by atoms with Crippen LogP contribution in [0.2, 0.25) is 0 Å². The number of carbonyl (C=O) groups is 1. The molecule has 0 unspecified atom stereocenters. The van der Waals surface area contributed by atoms with Crippen molar-refractivity contribution in [2.45, 2.75) is 45.3 Å². The number of alkyl halides is 2. The Hall–Kier alpha value is -3.05. The van der Waals surface area contributed by atoms with Crippen LogP contribution in [-0.4, -0.2) is 17.5 Å². The summed E-state index contributed by atoms with van der Waals surface area (Å²) in [7, 11) is 0. The third-order valence-corrected chi connectivity index (χ3v) is 5.60. The van der Waals surface area contributed by atoms with Gasteiger partial charge in [0.15, 0.2) is 0 Å². The molecule has 0 N–H and O–H groups in total. The molecule has 5 heteroatoms. The van der Waals surface area contributed by atoms with Gasteiger partial charge in [-0.05, 0) is 36.6 Å². The molecular formula is C27H29F2NO2. The van der Waals surface area contributed by atoms with E-state index in [0.29, 0.717) is 12.1 Å². The Morgan fingerprint density at radius 2 is 1.47 bits per heavy atom. The van der Waals surface area contributed by atoms with Crippen LogP contribution < -0.4 is 0 Å². The first-order valence-electron chi connectivity index (χ1n) is 10.9. The van der Waals surface area contributed by atoms with Crippen LogP contribution in [0.1, 0.15) is 61.0 Å². The highest BCUT2D eigenvalue weighted by molar-refractivity contribution is 5.70. The van der Waals surface area contributed by atoms with Gasteiger partial charge in [0.05, 0.1) is 13.0 Å². The highest BCUT2D eigenvalue weighted by Crippen LogP contribution is 2.36. The molecule has 0 radical (unpaired) electrons. The van der Waals surface area contributed by atoms with Crippen molar-refractivity contribution in [1.29, 1.82) is 0 Å². The zero-order chi connectivity index (χ0) is 22.9. The number of carbonyl (C=O) groups excluding carboxylic acids is 1. The minimum Gasteiger partial charge on any atom is -0.466 e. The molecule has 3 aromatic rings. The zero-order valence-corrected chi connectivity index (χ0v) is 18.5. The van der Waals surface area contributed by atoms with Crippen LogP contribution in [-0.2, 0) is 16.1 Å². The Morgan fingerprint density at radius 1 is 0.875 bits per heavy atom. The normalized spacial score (nSPS) is 13.2. The van der Waals surface area contributed by atoms with Crippen molar-refractivity contribution in [3.05, 3.63) is 107 Å². The number of hydrogen-bond acceptors (Lipinski definition) is 3. The van der Waals surface area contributed by atoms with Crippen LogP contribution in [0, 0.1) is 0 Å². The fourth-order valence-corrected chi connectivity index (χ4v) is 3.94. The first-order chi connectivity index (χ1) is 15.5. The van der Waals surface area contributed by atoms with Gasteiger partial charge < -0.3 is 4.74 Å². The molecule has 0 bridgehead atoms. The van der Waals surface area contributed by atoms with E-state index in [-0.39, 0.29) is 30.6 Å². The molecule has 0 aromatic heterocycles. The Kier molecular flexibility index (Phi) is 8.51. The maximum Gasteiger partial charge on any atom is 0.307 e. The summed E-state index contributed by atoms with van der Waals surface area (Å²) in [6.45, 7) is 4.67. The smallest absolute Gasteiger partial charge is 0.307 e. The largest absolute Gasteiger partial charge is 0.466 e. The van der Waals surface area contributed by atoms with Crippen molar-refractivity contribution < 1.29 is 18.3 Å². The van der Waals surface area contributed by atoms with Crippen molar-refractivity contribution >= 4 is 5.97 Å². The number of rotatable bonds is 10. The molecule has 0 amide bonds. The first kappa shape index (κ1) is 23.6. The van der Waals surface area contributed by atoms with Gasteiger partial charge in [-0.3, -0.25) is 9.69 Å². The molecule has 0 fully saturated rings. The standard InChI is InChI=1S/C27H29F2NO2/c1-3-32-26(31)18-25(23-15-10-16-24(17-23)27(28)29)30(19-21-11-6-4-7-12-21)20(2)22-13-8-5-9-14-22/h4-17,20,25,27H,3,18-19H2,1-2H3/t20-,25-/m0/s1. The number of benzene rings is 3. The van der Waals surface area contributed by atoms with Crippen molar-refractivity contribution in [2.24, 2.45) is 0 Å². The predicted octanol–water partition coefficient (Wildman–Crippen LogP) is 6.88. The lowest BCUT2D eigenvalue weighted by Gasteiger charge is -2.37. The third kappa shape index (κ3) is 6.24. The van der Waals surface area contributed by atoms with Crippen LogP contribution >= 0.6 is 0 Å². The average Bonchev–Trinajstić information content (AvgIpc) is 2.82. The van der Waals surface area contributed by atoms with E-state index in [4.69, 9.17) is 4.74 Å². The van der Waals surface area contributed by atoms with E-state index in [1.165, 1.54) is 12.1 Å². The van der Waals surface area contributed by atoms with Gasteiger partial charge in [0.1, 0.15) is 0 Å². The van der Waals surface area contributed by atoms with E-state index < -0.39 is 12.5 Å². The Bertz CT molecular complexity index is 979. The zero-order valence-electron chi connectivity index (χ0n) is 18.5. The lowest BCUT2D eigenvalue weighted by atomic mass is 9.95. The molecule has 0 saturated carbocycles. The van der Waals surface area contributed by atoms with Gasteiger partial charge in [0, 0.05) is 24.2 Å². The van der Waals surface area contributed by atoms with Gasteiger partial charge in [-0.1, -0.05) is 78.9 Å². The van der Waals surface area contributed by atoms with E-state index in [2.05, 4.69) is 11.8 Å². The molecule has 0 heterocycles. The SMILES string of the molecule is CCOC(=O)C[C@@H](c1cccc(C(F)F)c1)N(Cc1ccccc1)[C@@H](C)c1ccccc1. The summed E-state index contributed by atoms with van der Waals surface area (Å²) in [6, 6.07) is 25.8. The van der Waals surface area contributed by atoms with Gasteiger partial charge in [0.2, 0.25) is 0 Å². The van der Waals surface area contributed by atoms with Gasteiger partial charge >= 0.3 is 5.97 Å². The van der Waals surface area contributed by atoms with Crippen molar-refractivity contribution in [3.63, 3.8) is 0 Å². The quantitative estimate of drug-likeness (QED) is 0.324. The van der Waals surface area contributed by atoms with Crippen LogP contribution in [0.25, 0.3) is 0 Å². The molecule has 168 valence electrons. The number of esters is 1. The second-order valence-electron chi connectivity index (χ2n) is 7.74. The molecule has 0 aliphatic rings. The second-order valence-corrected chi connectivity index (χ2v) is 7.74. The fraction of sp³-hybridized carbons (Fsp3) is 0.296. The maximum atomic E-state index is 13.5. The molecule has 0 spiro atoms. The predicted molar refractivity (Wildman–Crippen MR) is 122 cm³/mol. The van der Waals surface area contributed by atoms with Crippen molar-refractivity contribution in [1.82, 2.24) is 4.90 Å². The molecule has 2 atom stereocenters. The second kappa shape index (κ2) is 11.5. The van der Waals surface area contributed by atoms with Gasteiger partial charge in [-0.2, -0.15) is 0 Å². The Labute approximate surface area is 188 Å². The Balaban J connectivity index is 2.06. The lowest BCUT2D eigenvalue weighted by Crippen LogP contribution is -2.33. The maximum absolute atomic E-state index is 13.5. The third-order valence-electron chi connectivity index (χ3n) is 5.60. The molecule has 0 aliphatic carbocycles.